The molecule has 1 fully saturated rings. The fourth-order valence-electron chi connectivity index (χ4n) is 4.42. The van der Waals surface area contributed by atoms with Gasteiger partial charge in [0.1, 0.15) is 0 Å². The Morgan fingerprint density at radius 3 is 2.70 bits per heavy atom. The topological polar surface area (TPSA) is 75.9 Å². The summed E-state index contributed by atoms with van der Waals surface area (Å²) in [5.74, 6) is 0.0193. The number of pyridine rings is 2. The van der Waals surface area contributed by atoms with Crippen LogP contribution in [-0.2, 0) is 11.2 Å². The number of aryl methyl sites for hydroxylation is 1. The molecule has 3 aromatic heterocycles. The first-order valence-electron chi connectivity index (χ1n) is 10.7. The van der Waals surface area contributed by atoms with E-state index in [1.165, 1.54) is 19.3 Å². The third-order valence-electron chi connectivity index (χ3n) is 6.33. The van der Waals surface area contributed by atoms with Crippen LogP contribution >= 0.6 is 0 Å². The average Bonchev–Trinajstić information content (AvgIpc) is 3.16. The number of rotatable bonds is 6. The van der Waals surface area contributed by atoms with Gasteiger partial charge in [0.2, 0.25) is 5.91 Å². The lowest BCUT2D eigenvalue weighted by atomic mass is 9.80. The van der Waals surface area contributed by atoms with Crippen LogP contribution in [0.15, 0.2) is 36.8 Å². The Morgan fingerprint density at radius 1 is 1.17 bits per heavy atom. The SMILES string of the molecule is Cc1cc(-n2ncc3cc(CC(=O)NCC4(N(C)C)CCCCC4)ncc32)ccn1. The number of likely N-dealkylation sites (N-methyl/N-ethyl adjacent to an activating group) is 1. The zero-order valence-corrected chi connectivity index (χ0v) is 18.1. The van der Waals surface area contributed by atoms with Crippen molar-refractivity contribution < 1.29 is 4.79 Å². The predicted molar refractivity (Wildman–Crippen MR) is 118 cm³/mol. The molecule has 158 valence electrons. The number of nitrogens with zero attached hydrogens (tertiary/aromatic N) is 5. The zero-order chi connectivity index (χ0) is 21.1. The lowest BCUT2D eigenvalue weighted by molar-refractivity contribution is -0.121. The molecule has 0 spiro atoms. The lowest BCUT2D eigenvalue weighted by Crippen LogP contribution is -2.54. The molecule has 1 aliphatic rings. The minimum absolute atomic E-state index is 0.0193. The Morgan fingerprint density at radius 2 is 1.97 bits per heavy atom. The van der Waals surface area contributed by atoms with Crippen molar-refractivity contribution in [3.8, 4) is 5.69 Å². The van der Waals surface area contributed by atoms with Crippen molar-refractivity contribution in [1.82, 2.24) is 30.0 Å². The van der Waals surface area contributed by atoms with Gasteiger partial charge in [-0.3, -0.25) is 14.8 Å². The Bertz CT molecular complexity index is 1040. The molecule has 0 aromatic carbocycles. The van der Waals surface area contributed by atoms with Gasteiger partial charge in [-0.2, -0.15) is 5.10 Å². The van der Waals surface area contributed by atoms with Gasteiger partial charge in [-0.25, -0.2) is 4.68 Å². The van der Waals surface area contributed by atoms with Crippen LogP contribution in [0.3, 0.4) is 0 Å². The second kappa shape index (κ2) is 8.52. The first-order chi connectivity index (χ1) is 14.5. The van der Waals surface area contributed by atoms with Crippen LogP contribution in [0, 0.1) is 6.92 Å². The van der Waals surface area contributed by atoms with Crippen molar-refractivity contribution in [3.63, 3.8) is 0 Å². The van der Waals surface area contributed by atoms with Gasteiger partial charge in [-0.15, -0.1) is 0 Å². The van der Waals surface area contributed by atoms with Crippen LogP contribution in [0.5, 0.6) is 0 Å². The van der Waals surface area contributed by atoms with Crippen LogP contribution in [-0.4, -0.2) is 56.7 Å². The fraction of sp³-hybridized carbons (Fsp3) is 0.478. The van der Waals surface area contributed by atoms with Gasteiger partial charge in [0.05, 0.1) is 35.7 Å². The fourth-order valence-corrected chi connectivity index (χ4v) is 4.42. The van der Waals surface area contributed by atoms with E-state index < -0.39 is 0 Å². The largest absolute Gasteiger partial charge is 0.354 e. The summed E-state index contributed by atoms with van der Waals surface area (Å²) in [5.41, 5.74) is 3.64. The summed E-state index contributed by atoms with van der Waals surface area (Å²) in [7, 11) is 4.24. The maximum Gasteiger partial charge on any atom is 0.226 e. The van der Waals surface area contributed by atoms with Crippen molar-refractivity contribution in [3.05, 3.63) is 48.2 Å². The molecular weight excluding hydrogens is 376 g/mol. The Labute approximate surface area is 177 Å². The van der Waals surface area contributed by atoms with Crippen molar-refractivity contribution in [1.29, 1.82) is 0 Å². The van der Waals surface area contributed by atoms with Gasteiger partial charge in [-0.05, 0) is 52.1 Å². The minimum atomic E-state index is 0.0193. The molecule has 1 amide bonds. The summed E-state index contributed by atoms with van der Waals surface area (Å²) in [5, 5.41) is 8.63. The van der Waals surface area contributed by atoms with E-state index in [-0.39, 0.29) is 17.9 Å². The molecule has 7 heteroatoms. The number of carbonyl (C=O) groups is 1. The van der Waals surface area contributed by atoms with Crippen molar-refractivity contribution in [2.75, 3.05) is 20.6 Å². The van der Waals surface area contributed by atoms with E-state index >= 15 is 0 Å². The minimum Gasteiger partial charge on any atom is -0.354 e. The van der Waals surface area contributed by atoms with E-state index in [4.69, 9.17) is 0 Å². The van der Waals surface area contributed by atoms with Crippen molar-refractivity contribution in [2.45, 2.75) is 51.0 Å². The Kier molecular flexibility index (Phi) is 5.81. The highest BCUT2D eigenvalue weighted by Crippen LogP contribution is 2.31. The average molecular weight is 407 g/mol. The summed E-state index contributed by atoms with van der Waals surface area (Å²) in [6.45, 7) is 2.65. The molecule has 4 rings (SSSR count). The van der Waals surface area contributed by atoms with Crippen molar-refractivity contribution >= 4 is 16.8 Å². The van der Waals surface area contributed by atoms with E-state index in [0.717, 1.165) is 40.8 Å². The number of amides is 1. The van der Waals surface area contributed by atoms with Gasteiger partial charge in [0.15, 0.2) is 0 Å². The van der Waals surface area contributed by atoms with Crippen LogP contribution in [0.2, 0.25) is 0 Å². The molecule has 0 saturated heterocycles. The molecule has 30 heavy (non-hydrogen) atoms. The van der Waals surface area contributed by atoms with Gasteiger partial charge < -0.3 is 10.2 Å². The molecule has 0 aliphatic heterocycles. The zero-order valence-electron chi connectivity index (χ0n) is 18.1. The number of hydrogen-bond donors (Lipinski definition) is 1. The Balaban J connectivity index is 1.44. The highest BCUT2D eigenvalue weighted by molar-refractivity contribution is 5.82. The number of carbonyl (C=O) groups excluding carboxylic acids is 1. The smallest absolute Gasteiger partial charge is 0.226 e. The summed E-state index contributed by atoms with van der Waals surface area (Å²) < 4.78 is 1.85. The molecule has 1 N–H and O–H groups in total. The molecular formula is C23H30N6O. The molecule has 1 saturated carbocycles. The predicted octanol–water partition coefficient (Wildman–Crippen LogP) is 3.05. The van der Waals surface area contributed by atoms with Crippen LogP contribution in [0.25, 0.3) is 16.6 Å². The first kappa shape index (κ1) is 20.5. The number of fused-ring (bicyclic) bond motifs is 1. The first-order valence-corrected chi connectivity index (χ1v) is 10.7. The molecule has 3 aromatic rings. The number of aromatic nitrogens is 4. The van der Waals surface area contributed by atoms with Gasteiger partial charge in [-0.1, -0.05) is 19.3 Å². The quantitative estimate of drug-likeness (QED) is 0.681. The Hall–Kier alpha value is -2.80. The van der Waals surface area contributed by atoms with E-state index in [1.54, 1.807) is 12.4 Å². The molecule has 0 unspecified atom stereocenters. The van der Waals surface area contributed by atoms with Crippen LogP contribution < -0.4 is 5.32 Å². The van der Waals surface area contributed by atoms with Crippen LogP contribution in [0.1, 0.15) is 43.5 Å². The van der Waals surface area contributed by atoms with Gasteiger partial charge in [0.25, 0.3) is 0 Å². The second-order valence-electron chi connectivity index (χ2n) is 8.58. The van der Waals surface area contributed by atoms with Gasteiger partial charge in [0, 0.05) is 29.4 Å². The molecule has 0 atom stereocenters. The summed E-state index contributed by atoms with van der Waals surface area (Å²) in [4.78, 5) is 23.7. The molecule has 1 aliphatic carbocycles. The van der Waals surface area contributed by atoms with Gasteiger partial charge >= 0.3 is 0 Å². The maximum absolute atomic E-state index is 12.6. The van der Waals surface area contributed by atoms with Crippen molar-refractivity contribution in [2.24, 2.45) is 0 Å². The number of hydrogen-bond acceptors (Lipinski definition) is 5. The second-order valence-corrected chi connectivity index (χ2v) is 8.58. The molecule has 0 radical (unpaired) electrons. The standard InChI is InChI=1S/C23H30N6O/c1-17-11-20(7-10-24-17)29-21-15-25-19(12-18(21)14-27-29)13-22(30)26-16-23(28(2)3)8-5-4-6-9-23/h7,10-12,14-15H,4-6,8-9,13,16H2,1-3H3,(H,26,30). The maximum atomic E-state index is 12.6. The molecule has 0 bridgehead atoms. The molecule has 3 heterocycles. The normalized spacial score (nSPS) is 16.1. The summed E-state index contributed by atoms with van der Waals surface area (Å²) in [6.07, 6.45) is 11.7. The lowest BCUT2D eigenvalue weighted by Gasteiger charge is -2.43. The highest BCUT2D eigenvalue weighted by atomic mass is 16.1. The molecule has 7 nitrogen and oxygen atoms in total. The van der Waals surface area contributed by atoms with E-state index in [0.29, 0.717) is 6.54 Å². The van der Waals surface area contributed by atoms with Crippen LogP contribution in [0.4, 0.5) is 0 Å². The monoisotopic (exact) mass is 406 g/mol. The third-order valence-corrected chi connectivity index (χ3v) is 6.33. The third kappa shape index (κ3) is 4.21. The van der Waals surface area contributed by atoms with E-state index in [1.807, 2.05) is 36.0 Å². The number of nitrogens with one attached hydrogen (secondary N) is 1. The highest BCUT2D eigenvalue weighted by Gasteiger charge is 2.34. The van der Waals surface area contributed by atoms with E-state index in [2.05, 4.69) is 39.4 Å². The summed E-state index contributed by atoms with van der Waals surface area (Å²) in [6, 6.07) is 5.86. The van der Waals surface area contributed by atoms with E-state index in [9.17, 15) is 4.79 Å². The summed E-state index contributed by atoms with van der Waals surface area (Å²) >= 11 is 0.